The van der Waals surface area contributed by atoms with Crippen LogP contribution < -0.4 is 5.32 Å². The number of aliphatic hydroxyl groups excluding tert-OH is 5. The normalized spacial score (nSPS) is 17.9. The van der Waals surface area contributed by atoms with Crippen molar-refractivity contribution in [1.29, 1.82) is 0 Å². The molecule has 7 unspecified atom stereocenters. The second kappa shape index (κ2) is 67.1. The van der Waals surface area contributed by atoms with E-state index in [0.717, 1.165) is 38.5 Å². The Bertz CT molecular complexity index is 1320. The lowest BCUT2D eigenvalue weighted by atomic mass is 9.99. The number of hydrogen-bond acceptors (Lipinski definition) is 8. The summed E-state index contributed by atoms with van der Waals surface area (Å²) in [6.07, 6.45) is 79.3. The van der Waals surface area contributed by atoms with Crippen molar-refractivity contribution in [3.63, 3.8) is 0 Å². The molecule has 1 amide bonds. The van der Waals surface area contributed by atoms with Gasteiger partial charge >= 0.3 is 0 Å². The van der Waals surface area contributed by atoms with Crippen LogP contribution in [0.25, 0.3) is 0 Å². The summed E-state index contributed by atoms with van der Waals surface area (Å²) in [6.45, 7) is 3.92. The third-order valence-corrected chi connectivity index (χ3v) is 19.5. The summed E-state index contributed by atoms with van der Waals surface area (Å²) in [7, 11) is 0. The highest BCUT2D eigenvalue weighted by molar-refractivity contribution is 5.76. The molecule has 0 aromatic heterocycles. The van der Waals surface area contributed by atoms with Gasteiger partial charge in [0.1, 0.15) is 24.4 Å². The molecule has 1 saturated heterocycles. The van der Waals surface area contributed by atoms with E-state index in [1.165, 1.54) is 366 Å². The van der Waals surface area contributed by atoms with Gasteiger partial charge in [-0.2, -0.15) is 0 Å². The van der Waals surface area contributed by atoms with E-state index in [-0.39, 0.29) is 12.5 Å². The topological polar surface area (TPSA) is 149 Å². The average Bonchev–Trinajstić information content (AvgIpc) is 3.30. The maximum atomic E-state index is 13.2. The first-order valence-corrected chi connectivity index (χ1v) is 39.2. The highest BCUT2D eigenvalue weighted by Gasteiger charge is 2.44. The van der Waals surface area contributed by atoms with E-state index in [1.807, 2.05) is 0 Å². The van der Waals surface area contributed by atoms with Gasteiger partial charge in [0.15, 0.2) is 6.29 Å². The number of carbonyl (C=O) groups excluding carboxylic acids is 1. The molecule has 9 heteroatoms. The molecule has 1 fully saturated rings. The van der Waals surface area contributed by atoms with Gasteiger partial charge < -0.3 is 40.3 Å². The van der Waals surface area contributed by atoms with Crippen molar-refractivity contribution in [3.8, 4) is 0 Å². The van der Waals surface area contributed by atoms with Gasteiger partial charge in [-0.3, -0.25) is 4.79 Å². The first-order chi connectivity index (χ1) is 42.3. The van der Waals surface area contributed by atoms with Gasteiger partial charge in [-0.25, -0.2) is 0 Å². The summed E-state index contributed by atoms with van der Waals surface area (Å²) in [5, 5.41) is 55.1. The fraction of sp³-hybridized carbons (Fsp3) is 0.987. The van der Waals surface area contributed by atoms with Gasteiger partial charge in [-0.15, -0.1) is 0 Å². The van der Waals surface area contributed by atoms with E-state index in [9.17, 15) is 30.3 Å². The van der Waals surface area contributed by atoms with Crippen LogP contribution in [-0.2, 0) is 14.3 Å². The molecule has 7 atom stereocenters. The lowest BCUT2D eigenvalue weighted by Crippen LogP contribution is -2.60. The molecule has 0 saturated carbocycles. The van der Waals surface area contributed by atoms with Gasteiger partial charge in [0.25, 0.3) is 0 Å². The number of ether oxygens (including phenoxy) is 2. The lowest BCUT2D eigenvalue weighted by Gasteiger charge is -2.40. The minimum absolute atomic E-state index is 0.130. The van der Waals surface area contributed by atoms with Crippen molar-refractivity contribution in [2.24, 2.45) is 0 Å². The Hall–Kier alpha value is -0.810. The van der Waals surface area contributed by atoms with E-state index in [4.69, 9.17) is 9.47 Å². The number of hydrogen-bond donors (Lipinski definition) is 6. The van der Waals surface area contributed by atoms with Crippen molar-refractivity contribution in [2.45, 2.75) is 474 Å². The van der Waals surface area contributed by atoms with E-state index < -0.39 is 49.5 Å². The van der Waals surface area contributed by atoms with E-state index in [0.29, 0.717) is 12.8 Å². The molecule has 0 spiro atoms. The quantitative estimate of drug-likeness (QED) is 0.0330. The zero-order valence-electron chi connectivity index (χ0n) is 57.9. The molecule has 0 bridgehead atoms. The Balaban J connectivity index is 2.05. The summed E-state index contributed by atoms with van der Waals surface area (Å²) in [5.74, 6) is -0.132. The Labute approximate surface area is 535 Å². The summed E-state index contributed by atoms with van der Waals surface area (Å²) in [4.78, 5) is 13.2. The molecular formula is C77H153NO8. The highest BCUT2D eigenvalue weighted by Crippen LogP contribution is 2.24. The van der Waals surface area contributed by atoms with Crippen LogP contribution in [-0.4, -0.2) is 87.5 Å². The van der Waals surface area contributed by atoms with Crippen molar-refractivity contribution >= 4 is 5.91 Å². The second-order valence-corrected chi connectivity index (χ2v) is 27.9. The summed E-state index contributed by atoms with van der Waals surface area (Å²) in [6, 6.07) is -0.716. The zero-order valence-corrected chi connectivity index (χ0v) is 57.9. The number of unbranched alkanes of at least 4 members (excludes halogenated alkanes) is 61. The van der Waals surface area contributed by atoms with Crippen LogP contribution in [0.15, 0.2) is 0 Å². The molecule has 0 radical (unpaired) electrons. The first kappa shape index (κ1) is 83.2. The molecule has 1 rings (SSSR count). The SMILES string of the molecule is CCCCCCCCCCCCCCCCCCCCCCCCCCCCCCCCCCC(=O)NC(COC1OC(CO)C(O)C(O)C1O)C(O)CCCCCCCCCCCCCCCCCCCCCCCCCCCCCCCCC. The molecule has 9 nitrogen and oxygen atoms in total. The minimum Gasteiger partial charge on any atom is -0.394 e. The number of aliphatic hydroxyl groups is 5. The van der Waals surface area contributed by atoms with Crippen LogP contribution in [0.4, 0.5) is 0 Å². The van der Waals surface area contributed by atoms with Crippen LogP contribution in [0, 0.1) is 0 Å². The minimum atomic E-state index is -1.55. The molecule has 1 aliphatic heterocycles. The largest absolute Gasteiger partial charge is 0.394 e. The van der Waals surface area contributed by atoms with Crippen LogP contribution >= 0.6 is 0 Å². The summed E-state index contributed by atoms with van der Waals surface area (Å²) >= 11 is 0. The smallest absolute Gasteiger partial charge is 0.220 e. The molecule has 1 aliphatic rings. The monoisotopic (exact) mass is 1220 g/mol. The Kier molecular flexibility index (Phi) is 64.9. The van der Waals surface area contributed by atoms with Gasteiger partial charge in [0.2, 0.25) is 5.91 Å². The van der Waals surface area contributed by atoms with Crippen LogP contribution in [0.1, 0.15) is 431 Å². The van der Waals surface area contributed by atoms with Crippen molar-refractivity contribution < 1.29 is 39.8 Å². The van der Waals surface area contributed by atoms with E-state index in [1.54, 1.807) is 0 Å². The third kappa shape index (κ3) is 54.9. The van der Waals surface area contributed by atoms with Crippen molar-refractivity contribution in [1.82, 2.24) is 5.32 Å². The summed E-state index contributed by atoms with van der Waals surface area (Å²) in [5.41, 5.74) is 0. The predicted octanol–water partition coefficient (Wildman–Crippen LogP) is 22.0. The van der Waals surface area contributed by atoms with Crippen LogP contribution in [0.2, 0.25) is 0 Å². The highest BCUT2D eigenvalue weighted by atomic mass is 16.7. The van der Waals surface area contributed by atoms with Gasteiger partial charge in [0.05, 0.1) is 25.4 Å². The molecule has 514 valence electrons. The van der Waals surface area contributed by atoms with Crippen LogP contribution in [0.3, 0.4) is 0 Å². The van der Waals surface area contributed by atoms with Gasteiger partial charge in [-0.1, -0.05) is 412 Å². The molecule has 0 aromatic rings. The predicted molar refractivity (Wildman–Crippen MR) is 369 cm³/mol. The maximum Gasteiger partial charge on any atom is 0.220 e. The standard InChI is InChI=1S/C77H153NO8/c1-3-5-7-9-11-13-15-17-19-21-23-25-27-29-31-33-35-37-39-41-43-45-47-49-51-53-55-57-59-61-63-65-67-73(81)78-70(69-85-77-76(84)75(83)74(82)72(68-79)86-77)71(80)66-64-62-60-58-56-54-52-50-48-46-44-42-40-38-36-34-32-30-28-26-24-22-20-18-16-14-12-10-8-6-4-2/h70-72,74-77,79-80,82-84H,3-69H2,1-2H3,(H,78,81). The number of carbonyl (C=O) groups is 1. The van der Waals surface area contributed by atoms with Gasteiger partial charge in [-0.05, 0) is 12.8 Å². The third-order valence-electron chi connectivity index (χ3n) is 19.5. The Morgan fingerprint density at radius 3 is 0.826 bits per heavy atom. The molecule has 0 aliphatic carbocycles. The number of rotatable bonds is 71. The Morgan fingerprint density at radius 2 is 0.581 bits per heavy atom. The van der Waals surface area contributed by atoms with E-state index >= 15 is 0 Å². The second-order valence-electron chi connectivity index (χ2n) is 27.9. The zero-order chi connectivity index (χ0) is 62.1. The fourth-order valence-electron chi connectivity index (χ4n) is 13.3. The van der Waals surface area contributed by atoms with Gasteiger partial charge in [0, 0.05) is 6.42 Å². The number of nitrogens with one attached hydrogen (secondary N) is 1. The molecule has 1 heterocycles. The summed E-state index contributed by atoms with van der Waals surface area (Å²) < 4.78 is 11.4. The number of amides is 1. The van der Waals surface area contributed by atoms with Crippen LogP contribution in [0.5, 0.6) is 0 Å². The maximum absolute atomic E-state index is 13.2. The molecular weight excluding hydrogens is 1070 g/mol. The first-order valence-electron chi connectivity index (χ1n) is 39.2. The van der Waals surface area contributed by atoms with Crippen molar-refractivity contribution in [3.05, 3.63) is 0 Å². The van der Waals surface area contributed by atoms with Crippen molar-refractivity contribution in [2.75, 3.05) is 13.2 Å². The molecule has 86 heavy (non-hydrogen) atoms. The average molecular weight is 1220 g/mol. The molecule has 0 aromatic carbocycles. The Morgan fingerprint density at radius 1 is 0.349 bits per heavy atom. The lowest BCUT2D eigenvalue weighted by molar-refractivity contribution is -0.302. The fourth-order valence-corrected chi connectivity index (χ4v) is 13.3. The van der Waals surface area contributed by atoms with E-state index in [2.05, 4.69) is 19.2 Å². The molecule has 6 N–H and O–H groups in total.